The number of hydrogen-bond acceptors (Lipinski definition) is 4. The van der Waals surface area contributed by atoms with E-state index in [-0.39, 0.29) is 12.8 Å². The van der Waals surface area contributed by atoms with Crippen LogP contribution in [0.25, 0.3) is 0 Å². The minimum atomic E-state index is -1.59. The van der Waals surface area contributed by atoms with Gasteiger partial charge in [0.1, 0.15) is 6.04 Å². The number of aliphatic carboxylic acids is 2. The van der Waals surface area contributed by atoms with Crippen LogP contribution in [0.2, 0.25) is 0 Å². The first-order valence-corrected chi connectivity index (χ1v) is 4.23. The third-order valence-corrected chi connectivity index (χ3v) is 2.05. The first-order chi connectivity index (χ1) is 6.93. The summed E-state index contributed by atoms with van der Waals surface area (Å²) in [4.78, 5) is 43.9. The molecule has 0 aromatic rings. The summed E-state index contributed by atoms with van der Waals surface area (Å²) in [5, 5.41) is 17.2. The molecular weight excluding hydrogens is 206 g/mol. The Morgan fingerprint density at radius 3 is 2.00 bits per heavy atom. The Kier molecular flexibility index (Phi) is 3.03. The molecule has 15 heavy (non-hydrogen) atoms. The molecule has 0 spiro atoms. The van der Waals surface area contributed by atoms with Crippen molar-refractivity contribution in [2.45, 2.75) is 25.3 Å². The molecule has 0 radical (unpaired) electrons. The number of imide groups is 1. The van der Waals surface area contributed by atoms with Gasteiger partial charge >= 0.3 is 11.9 Å². The maximum atomic E-state index is 11.2. The summed E-state index contributed by atoms with van der Waals surface area (Å²) in [5.74, 6) is -4.11. The zero-order valence-electron chi connectivity index (χ0n) is 7.67. The lowest BCUT2D eigenvalue weighted by Crippen LogP contribution is -2.45. The van der Waals surface area contributed by atoms with Crippen molar-refractivity contribution in [1.82, 2.24) is 4.90 Å². The molecule has 0 unspecified atom stereocenters. The molecule has 0 bridgehead atoms. The zero-order valence-corrected chi connectivity index (χ0v) is 7.67. The van der Waals surface area contributed by atoms with Crippen LogP contribution in [0.15, 0.2) is 0 Å². The van der Waals surface area contributed by atoms with Crippen LogP contribution < -0.4 is 0 Å². The van der Waals surface area contributed by atoms with Gasteiger partial charge in [-0.2, -0.15) is 0 Å². The summed E-state index contributed by atoms with van der Waals surface area (Å²) in [5.41, 5.74) is 0. The second-order valence-corrected chi connectivity index (χ2v) is 3.11. The van der Waals surface area contributed by atoms with Crippen molar-refractivity contribution in [3.8, 4) is 0 Å². The van der Waals surface area contributed by atoms with Crippen molar-refractivity contribution < 1.29 is 29.4 Å². The maximum absolute atomic E-state index is 11.2. The average Bonchev–Trinajstić information content (AvgIpc) is 2.42. The molecule has 7 heteroatoms. The number of amides is 2. The number of likely N-dealkylation sites (tertiary alicyclic amines) is 1. The van der Waals surface area contributed by atoms with Gasteiger partial charge in [0.25, 0.3) is 0 Å². The van der Waals surface area contributed by atoms with Gasteiger partial charge in [0.2, 0.25) is 11.8 Å². The van der Waals surface area contributed by atoms with E-state index in [1.54, 1.807) is 0 Å². The van der Waals surface area contributed by atoms with Gasteiger partial charge in [-0.3, -0.25) is 19.3 Å². The Hall–Kier alpha value is -1.92. The summed E-state index contributed by atoms with van der Waals surface area (Å²) >= 11 is 0. The van der Waals surface area contributed by atoms with E-state index in [0.29, 0.717) is 4.90 Å². The molecule has 0 aromatic heterocycles. The number of carbonyl (C=O) groups is 4. The lowest BCUT2D eigenvalue weighted by atomic mass is 10.2. The Morgan fingerprint density at radius 1 is 1.20 bits per heavy atom. The molecule has 2 amide bonds. The predicted molar refractivity (Wildman–Crippen MR) is 44.8 cm³/mol. The van der Waals surface area contributed by atoms with Crippen LogP contribution in [-0.4, -0.2) is 44.9 Å². The van der Waals surface area contributed by atoms with Crippen molar-refractivity contribution in [3.63, 3.8) is 0 Å². The van der Waals surface area contributed by atoms with Gasteiger partial charge in [-0.05, 0) is 0 Å². The van der Waals surface area contributed by atoms with Crippen molar-refractivity contribution >= 4 is 23.8 Å². The molecule has 0 aromatic carbocycles. The van der Waals surface area contributed by atoms with Crippen LogP contribution in [0.1, 0.15) is 19.3 Å². The topological polar surface area (TPSA) is 112 Å². The normalized spacial score (nSPS) is 18.0. The number of carbonyl (C=O) groups excluding carboxylic acids is 2. The highest BCUT2D eigenvalue weighted by atomic mass is 16.4. The van der Waals surface area contributed by atoms with Gasteiger partial charge in [0, 0.05) is 12.8 Å². The van der Waals surface area contributed by atoms with Crippen LogP contribution in [-0.2, 0) is 19.2 Å². The minimum Gasteiger partial charge on any atom is -0.481 e. The van der Waals surface area contributed by atoms with E-state index in [1.807, 2.05) is 0 Å². The smallest absolute Gasteiger partial charge is 0.327 e. The molecule has 82 valence electrons. The van der Waals surface area contributed by atoms with Crippen molar-refractivity contribution in [3.05, 3.63) is 0 Å². The molecule has 0 aliphatic carbocycles. The highest BCUT2D eigenvalue weighted by molar-refractivity contribution is 6.05. The summed E-state index contributed by atoms with van der Waals surface area (Å²) in [6.07, 6.45) is -0.878. The molecule has 1 saturated heterocycles. The second-order valence-electron chi connectivity index (χ2n) is 3.11. The number of carboxylic acid groups (broad SMARTS) is 2. The summed E-state index contributed by atoms with van der Waals surface area (Å²) in [7, 11) is 0. The third-order valence-electron chi connectivity index (χ3n) is 2.05. The van der Waals surface area contributed by atoms with E-state index in [4.69, 9.17) is 10.2 Å². The van der Waals surface area contributed by atoms with E-state index in [9.17, 15) is 19.2 Å². The zero-order chi connectivity index (χ0) is 11.6. The number of nitrogens with zero attached hydrogens (tertiary/aromatic N) is 1. The standard InChI is InChI=1S/C8H9NO6/c10-5-1-2-6(11)9(5)4(8(14)15)3-7(12)13/h4H,1-3H2,(H,12,13)(H,14,15)/t4-/m1/s1. The van der Waals surface area contributed by atoms with Gasteiger partial charge in [-0.1, -0.05) is 0 Å². The fourth-order valence-corrected chi connectivity index (χ4v) is 1.40. The van der Waals surface area contributed by atoms with Gasteiger partial charge in [-0.15, -0.1) is 0 Å². The minimum absolute atomic E-state index is 0.0533. The van der Waals surface area contributed by atoms with Crippen LogP contribution in [0.3, 0.4) is 0 Å². The quantitative estimate of drug-likeness (QED) is 0.585. The summed E-state index contributed by atoms with van der Waals surface area (Å²) in [6.45, 7) is 0. The Bertz CT molecular complexity index is 320. The fourth-order valence-electron chi connectivity index (χ4n) is 1.40. The molecule has 1 heterocycles. The largest absolute Gasteiger partial charge is 0.481 e. The van der Waals surface area contributed by atoms with Crippen LogP contribution in [0.4, 0.5) is 0 Å². The summed E-state index contributed by atoms with van der Waals surface area (Å²) < 4.78 is 0. The lowest BCUT2D eigenvalue weighted by Gasteiger charge is -2.20. The van der Waals surface area contributed by atoms with E-state index in [2.05, 4.69) is 0 Å². The molecule has 1 atom stereocenters. The SMILES string of the molecule is O=C(O)C[C@H](C(=O)O)N1C(=O)CCC1=O. The van der Waals surface area contributed by atoms with Crippen LogP contribution >= 0.6 is 0 Å². The first-order valence-electron chi connectivity index (χ1n) is 4.23. The highest BCUT2D eigenvalue weighted by Gasteiger charge is 2.39. The first kappa shape index (κ1) is 11.2. The number of rotatable bonds is 4. The van der Waals surface area contributed by atoms with Gasteiger partial charge < -0.3 is 10.2 Å². The second kappa shape index (κ2) is 4.07. The van der Waals surface area contributed by atoms with Crippen molar-refractivity contribution in [2.75, 3.05) is 0 Å². The molecule has 7 nitrogen and oxygen atoms in total. The van der Waals surface area contributed by atoms with E-state index < -0.39 is 36.2 Å². The Balaban J connectivity index is 2.88. The predicted octanol–water partition coefficient (Wildman–Crippen LogP) is -0.937. The van der Waals surface area contributed by atoms with Gasteiger partial charge in [0.15, 0.2) is 0 Å². The van der Waals surface area contributed by atoms with Gasteiger partial charge in [-0.25, -0.2) is 4.79 Å². The van der Waals surface area contributed by atoms with Crippen LogP contribution in [0.5, 0.6) is 0 Å². The molecule has 1 fully saturated rings. The van der Waals surface area contributed by atoms with Gasteiger partial charge in [0.05, 0.1) is 6.42 Å². The average molecular weight is 215 g/mol. The van der Waals surface area contributed by atoms with Crippen molar-refractivity contribution in [1.29, 1.82) is 0 Å². The van der Waals surface area contributed by atoms with E-state index in [1.165, 1.54) is 0 Å². The molecule has 2 N–H and O–H groups in total. The molecular formula is C8H9NO6. The van der Waals surface area contributed by atoms with Crippen LogP contribution in [0, 0.1) is 0 Å². The monoisotopic (exact) mass is 215 g/mol. The third kappa shape index (κ3) is 2.30. The van der Waals surface area contributed by atoms with E-state index in [0.717, 1.165) is 0 Å². The summed E-state index contributed by atoms with van der Waals surface area (Å²) in [6, 6.07) is -1.59. The molecule has 1 aliphatic heterocycles. The molecule has 1 aliphatic rings. The lowest BCUT2D eigenvalue weighted by molar-refractivity contribution is -0.157. The number of carboxylic acids is 2. The highest BCUT2D eigenvalue weighted by Crippen LogP contribution is 2.17. The maximum Gasteiger partial charge on any atom is 0.327 e. The Labute approximate surface area is 84.3 Å². The van der Waals surface area contributed by atoms with Crippen molar-refractivity contribution in [2.24, 2.45) is 0 Å². The van der Waals surface area contributed by atoms with E-state index >= 15 is 0 Å². The number of hydrogen-bond donors (Lipinski definition) is 2. The molecule has 1 rings (SSSR count). The molecule has 0 saturated carbocycles. The Morgan fingerprint density at radius 2 is 1.67 bits per heavy atom. The fraction of sp³-hybridized carbons (Fsp3) is 0.500.